The van der Waals surface area contributed by atoms with Crippen LogP contribution in [0.1, 0.15) is 56.7 Å². The molecule has 0 spiro atoms. The van der Waals surface area contributed by atoms with Crippen LogP contribution in [0.2, 0.25) is 5.02 Å². The lowest BCUT2D eigenvalue weighted by Gasteiger charge is -2.41. The van der Waals surface area contributed by atoms with Crippen LogP contribution in [0.4, 0.5) is 5.69 Å². The topological polar surface area (TPSA) is 58.2 Å². The fourth-order valence-corrected chi connectivity index (χ4v) is 3.59. The molecule has 0 aliphatic heterocycles. The highest BCUT2D eigenvalue weighted by molar-refractivity contribution is 6.30. The zero-order valence-corrected chi connectivity index (χ0v) is 16.5. The van der Waals surface area contributed by atoms with Crippen LogP contribution in [0, 0.1) is 0 Å². The SMILES string of the molecule is CCC(=O)Nc1ccc(C(C)NC(=O)C2(c3ccc(Cl)cc3)CCC2)cc1. The minimum Gasteiger partial charge on any atom is -0.349 e. The van der Waals surface area contributed by atoms with Crippen LogP contribution in [0.15, 0.2) is 48.5 Å². The van der Waals surface area contributed by atoms with Crippen molar-refractivity contribution in [2.75, 3.05) is 5.32 Å². The Morgan fingerprint density at radius 2 is 1.70 bits per heavy atom. The normalized spacial score (nSPS) is 16.1. The maximum atomic E-state index is 13.1. The molecule has 1 saturated carbocycles. The first kappa shape index (κ1) is 19.4. The first-order valence-corrected chi connectivity index (χ1v) is 9.79. The fraction of sp³-hybridized carbons (Fsp3) is 0.364. The van der Waals surface area contributed by atoms with E-state index in [1.54, 1.807) is 0 Å². The molecular weight excluding hydrogens is 360 g/mol. The Balaban J connectivity index is 1.69. The zero-order valence-electron chi connectivity index (χ0n) is 15.7. The van der Waals surface area contributed by atoms with Crippen molar-refractivity contribution in [2.24, 2.45) is 0 Å². The van der Waals surface area contributed by atoms with Gasteiger partial charge in [0.15, 0.2) is 0 Å². The predicted molar refractivity (Wildman–Crippen MR) is 109 cm³/mol. The smallest absolute Gasteiger partial charge is 0.231 e. The summed E-state index contributed by atoms with van der Waals surface area (Å²) in [6.07, 6.45) is 3.21. The predicted octanol–water partition coefficient (Wildman–Crippen LogP) is 4.99. The van der Waals surface area contributed by atoms with E-state index in [9.17, 15) is 9.59 Å². The first-order valence-electron chi connectivity index (χ1n) is 9.41. The molecule has 0 bridgehead atoms. The molecule has 2 aromatic carbocycles. The van der Waals surface area contributed by atoms with Crippen LogP contribution in [0.3, 0.4) is 0 Å². The van der Waals surface area contributed by atoms with E-state index in [4.69, 9.17) is 11.6 Å². The molecule has 1 aliphatic carbocycles. The average molecular weight is 385 g/mol. The quantitative estimate of drug-likeness (QED) is 0.737. The summed E-state index contributed by atoms with van der Waals surface area (Å²) in [6.45, 7) is 3.80. The van der Waals surface area contributed by atoms with Crippen LogP contribution in [-0.4, -0.2) is 11.8 Å². The molecule has 5 heteroatoms. The van der Waals surface area contributed by atoms with E-state index in [1.165, 1.54) is 0 Å². The van der Waals surface area contributed by atoms with E-state index >= 15 is 0 Å². The van der Waals surface area contributed by atoms with Gasteiger partial charge < -0.3 is 10.6 Å². The number of hydrogen-bond acceptors (Lipinski definition) is 2. The van der Waals surface area contributed by atoms with E-state index in [-0.39, 0.29) is 17.9 Å². The van der Waals surface area contributed by atoms with Crippen LogP contribution in [-0.2, 0) is 15.0 Å². The lowest BCUT2D eigenvalue weighted by Crippen LogP contribution is -2.49. The summed E-state index contributed by atoms with van der Waals surface area (Å²) in [7, 11) is 0. The Morgan fingerprint density at radius 1 is 1.07 bits per heavy atom. The van der Waals surface area contributed by atoms with Gasteiger partial charge in [-0.15, -0.1) is 0 Å². The van der Waals surface area contributed by atoms with Crippen LogP contribution < -0.4 is 10.6 Å². The average Bonchev–Trinajstić information content (AvgIpc) is 2.62. The number of carbonyl (C=O) groups excluding carboxylic acids is 2. The number of anilines is 1. The maximum absolute atomic E-state index is 13.1. The van der Waals surface area contributed by atoms with Crippen LogP contribution in [0.25, 0.3) is 0 Å². The second kappa shape index (κ2) is 8.13. The molecular formula is C22H25ClN2O2. The van der Waals surface area contributed by atoms with E-state index in [1.807, 2.05) is 62.4 Å². The number of halogens is 1. The van der Waals surface area contributed by atoms with Gasteiger partial charge >= 0.3 is 0 Å². The number of amides is 2. The lowest BCUT2D eigenvalue weighted by molar-refractivity contribution is -0.130. The van der Waals surface area contributed by atoms with Crippen molar-refractivity contribution in [3.05, 3.63) is 64.7 Å². The van der Waals surface area contributed by atoms with E-state index in [0.717, 1.165) is 36.1 Å². The second-order valence-corrected chi connectivity index (χ2v) is 7.60. The zero-order chi connectivity index (χ0) is 19.4. The Labute approximate surface area is 165 Å². The molecule has 2 amide bonds. The van der Waals surface area contributed by atoms with Gasteiger partial charge in [0.25, 0.3) is 0 Å². The third-order valence-corrected chi connectivity index (χ3v) is 5.65. The Morgan fingerprint density at radius 3 is 2.22 bits per heavy atom. The van der Waals surface area contributed by atoms with Gasteiger partial charge in [0.2, 0.25) is 11.8 Å². The minimum atomic E-state index is -0.451. The summed E-state index contributed by atoms with van der Waals surface area (Å²) >= 11 is 5.99. The second-order valence-electron chi connectivity index (χ2n) is 7.16. The molecule has 0 radical (unpaired) electrons. The number of rotatable bonds is 6. The van der Waals surface area contributed by atoms with Gasteiger partial charge in [-0.05, 0) is 55.2 Å². The van der Waals surface area contributed by atoms with Crippen LogP contribution >= 0.6 is 11.6 Å². The van der Waals surface area contributed by atoms with Crippen molar-refractivity contribution >= 4 is 29.1 Å². The monoisotopic (exact) mass is 384 g/mol. The molecule has 0 saturated heterocycles. The van der Waals surface area contributed by atoms with E-state index in [0.29, 0.717) is 11.4 Å². The van der Waals surface area contributed by atoms with Gasteiger partial charge in [0, 0.05) is 17.1 Å². The highest BCUT2D eigenvalue weighted by Gasteiger charge is 2.45. The third-order valence-electron chi connectivity index (χ3n) is 5.40. The molecule has 0 heterocycles. The standard InChI is InChI=1S/C22H25ClN2O2/c1-3-20(26)25-19-11-5-16(6-12-19)15(2)24-21(27)22(13-4-14-22)17-7-9-18(23)10-8-17/h5-12,15H,3-4,13-14H2,1-2H3,(H,24,27)(H,25,26). The molecule has 27 heavy (non-hydrogen) atoms. The maximum Gasteiger partial charge on any atom is 0.231 e. The van der Waals surface area contributed by atoms with E-state index in [2.05, 4.69) is 10.6 Å². The molecule has 2 N–H and O–H groups in total. The van der Waals surface area contributed by atoms with Gasteiger partial charge in [-0.3, -0.25) is 9.59 Å². The largest absolute Gasteiger partial charge is 0.349 e. The molecule has 142 valence electrons. The van der Waals surface area contributed by atoms with E-state index < -0.39 is 5.41 Å². The van der Waals surface area contributed by atoms with Crippen LogP contribution in [0.5, 0.6) is 0 Å². The van der Waals surface area contributed by atoms with Crippen molar-refractivity contribution in [3.63, 3.8) is 0 Å². The van der Waals surface area contributed by atoms with Gasteiger partial charge in [0.1, 0.15) is 0 Å². The summed E-state index contributed by atoms with van der Waals surface area (Å²) in [4.78, 5) is 24.5. The number of hydrogen-bond donors (Lipinski definition) is 2. The van der Waals surface area contributed by atoms with Gasteiger partial charge in [-0.1, -0.05) is 49.2 Å². The molecule has 1 atom stereocenters. The number of nitrogens with one attached hydrogen (secondary N) is 2. The van der Waals surface area contributed by atoms with Gasteiger partial charge in [0.05, 0.1) is 11.5 Å². The molecule has 1 aliphatic rings. The first-order chi connectivity index (χ1) is 12.9. The number of carbonyl (C=O) groups is 2. The summed E-state index contributed by atoms with van der Waals surface area (Å²) < 4.78 is 0. The summed E-state index contributed by atoms with van der Waals surface area (Å²) in [5.41, 5.74) is 2.35. The van der Waals surface area contributed by atoms with Gasteiger partial charge in [-0.25, -0.2) is 0 Å². The summed E-state index contributed by atoms with van der Waals surface area (Å²) in [6, 6.07) is 15.1. The van der Waals surface area contributed by atoms with Crippen molar-refractivity contribution in [1.82, 2.24) is 5.32 Å². The Hall–Kier alpha value is -2.33. The highest BCUT2D eigenvalue weighted by Crippen LogP contribution is 2.44. The van der Waals surface area contributed by atoms with Gasteiger partial charge in [-0.2, -0.15) is 0 Å². The molecule has 4 nitrogen and oxygen atoms in total. The third kappa shape index (κ3) is 4.16. The summed E-state index contributed by atoms with van der Waals surface area (Å²) in [5, 5.41) is 6.67. The van der Waals surface area contributed by atoms with Crippen molar-refractivity contribution in [2.45, 2.75) is 51.0 Å². The minimum absolute atomic E-state index is 0.0148. The lowest BCUT2D eigenvalue weighted by atomic mass is 9.63. The van der Waals surface area contributed by atoms with Crippen molar-refractivity contribution < 1.29 is 9.59 Å². The van der Waals surface area contributed by atoms with Crippen molar-refractivity contribution in [3.8, 4) is 0 Å². The Bertz CT molecular complexity index is 811. The fourth-order valence-electron chi connectivity index (χ4n) is 3.47. The summed E-state index contributed by atoms with van der Waals surface area (Å²) in [5.74, 6) is 0.0472. The molecule has 3 rings (SSSR count). The van der Waals surface area contributed by atoms with Crippen molar-refractivity contribution in [1.29, 1.82) is 0 Å². The molecule has 1 unspecified atom stereocenters. The number of benzene rings is 2. The molecule has 0 aromatic heterocycles. The molecule has 1 fully saturated rings. The molecule has 2 aromatic rings. The highest BCUT2D eigenvalue weighted by atomic mass is 35.5. The Kier molecular flexibility index (Phi) is 5.85.